The molecule has 3 fully saturated rings. The van der Waals surface area contributed by atoms with E-state index in [1.165, 1.54) is 0 Å². The highest BCUT2D eigenvalue weighted by molar-refractivity contribution is 9.10. The molecular weight excluding hydrogens is 372 g/mol. The van der Waals surface area contributed by atoms with Gasteiger partial charge in [-0.25, -0.2) is 0 Å². The molecule has 3 amide bonds. The molecule has 5 rings (SSSR count). The molecule has 0 bridgehead atoms. The van der Waals surface area contributed by atoms with E-state index in [0.29, 0.717) is 11.6 Å². The predicted octanol–water partition coefficient (Wildman–Crippen LogP) is 2.19. The van der Waals surface area contributed by atoms with Gasteiger partial charge in [-0.2, -0.15) is 0 Å². The Morgan fingerprint density at radius 2 is 1.92 bits per heavy atom. The Bertz CT molecular complexity index is 818. The number of carbonyl (C=O) groups is 3. The lowest BCUT2D eigenvalue weighted by Gasteiger charge is -2.30. The minimum Gasteiger partial charge on any atom is -0.325 e. The molecule has 1 heterocycles. The van der Waals surface area contributed by atoms with Gasteiger partial charge in [0.25, 0.3) is 0 Å². The maximum Gasteiger partial charge on any atom is 0.244 e. The SMILES string of the molecule is O=C(CN1C(=O)C2C(C1=O)C1CC13C=CC23)Nc1ccc(Br)cc1. The fourth-order valence-corrected chi connectivity index (χ4v) is 5.14. The van der Waals surface area contributed by atoms with Gasteiger partial charge in [-0.05, 0) is 47.9 Å². The molecule has 122 valence electrons. The van der Waals surface area contributed by atoms with E-state index in [0.717, 1.165) is 15.8 Å². The van der Waals surface area contributed by atoms with Gasteiger partial charge in [0.05, 0.1) is 11.8 Å². The second-order valence-corrected chi connectivity index (χ2v) is 8.09. The molecule has 1 aliphatic heterocycles. The lowest BCUT2D eigenvalue weighted by molar-refractivity contribution is -0.143. The van der Waals surface area contributed by atoms with Gasteiger partial charge >= 0.3 is 0 Å². The fourth-order valence-electron chi connectivity index (χ4n) is 4.87. The van der Waals surface area contributed by atoms with E-state index in [-0.39, 0.29) is 47.4 Å². The van der Waals surface area contributed by atoms with E-state index in [9.17, 15) is 14.4 Å². The highest BCUT2D eigenvalue weighted by Gasteiger charge is 2.77. The number of amides is 3. The first-order valence-electron chi connectivity index (χ1n) is 8.11. The van der Waals surface area contributed by atoms with Gasteiger partial charge in [0.15, 0.2) is 0 Å². The summed E-state index contributed by atoms with van der Waals surface area (Å²) in [5.41, 5.74) is 0.789. The number of imide groups is 1. The number of nitrogens with zero attached hydrogens (tertiary/aromatic N) is 1. The Hall–Kier alpha value is -1.95. The van der Waals surface area contributed by atoms with Gasteiger partial charge in [0.2, 0.25) is 17.7 Å². The largest absolute Gasteiger partial charge is 0.325 e. The summed E-state index contributed by atoms with van der Waals surface area (Å²) in [6.45, 7) is -0.198. The number of likely N-dealkylation sites (tertiary alicyclic amines) is 1. The van der Waals surface area contributed by atoms with E-state index in [2.05, 4.69) is 33.4 Å². The first-order chi connectivity index (χ1) is 11.5. The summed E-state index contributed by atoms with van der Waals surface area (Å²) >= 11 is 3.34. The Morgan fingerprint density at radius 1 is 1.21 bits per heavy atom. The minimum atomic E-state index is -0.342. The lowest BCUT2D eigenvalue weighted by Crippen LogP contribution is -2.40. The average molecular weight is 387 g/mol. The van der Waals surface area contributed by atoms with Crippen molar-refractivity contribution in [3.63, 3.8) is 0 Å². The van der Waals surface area contributed by atoms with Crippen LogP contribution >= 0.6 is 15.9 Å². The fraction of sp³-hybridized carbons (Fsp3) is 0.389. The number of carbonyl (C=O) groups excluding carboxylic acids is 3. The number of fused-ring (bicyclic) bond motifs is 3. The Labute approximate surface area is 147 Å². The zero-order valence-electron chi connectivity index (χ0n) is 12.7. The van der Waals surface area contributed by atoms with Crippen molar-refractivity contribution < 1.29 is 14.4 Å². The topological polar surface area (TPSA) is 66.5 Å². The number of nitrogens with one attached hydrogen (secondary N) is 1. The molecule has 5 atom stereocenters. The molecule has 1 saturated heterocycles. The molecule has 1 spiro atoms. The standard InChI is InChI=1S/C18H15BrN2O3/c19-9-1-3-10(4-2-9)20-13(22)8-21-16(23)14-11-5-6-18(11)7-12(18)15(14)17(21)24/h1-6,11-12,14-15H,7-8H2,(H,20,22). The molecule has 6 heteroatoms. The second kappa shape index (κ2) is 4.57. The summed E-state index contributed by atoms with van der Waals surface area (Å²) < 4.78 is 0.916. The van der Waals surface area contributed by atoms with Crippen LogP contribution in [0.1, 0.15) is 6.42 Å². The van der Waals surface area contributed by atoms with E-state index in [4.69, 9.17) is 0 Å². The van der Waals surface area contributed by atoms with Gasteiger partial charge in [-0.1, -0.05) is 28.1 Å². The molecule has 1 N–H and O–H groups in total. The Morgan fingerprint density at radius 3 is 2.58 bits per heavy atom. The summed E-state index contributed by atoms with van der Waals surface area (Å²) in [5.74, 6) is -0.590. The molecule has 5 unspecified atom stereocenters. The Balaban J connectivity index is 1.30. The van der Waals surface area contributed by atoms with Gasteiger partial charge in [0.1, 0.15) is 6.54 Å². The van der Waals surface area contributed by atoms with Gasteiger partial charge in [-0.3, -0.25) is 19.3 Å². The zero-order valence-corrected chi connectivity index (χ0v) is 14.3. The molecule has 5 nitrogen and oxygen atoms in total. The smallest absolute Gasteiger partial charge is 0.244 e. The average Bonchev–Trinajstić information content (AvgIpc) is 3.21. The summed E-state index contributed by atoms with van der Waals surface area (Å²) in [6, 6.07) is 7.17. The van der Waals surface area contributed by atoms with Crippen molar-refractivity contribution in [3.8, 4) is 0 Å². The van der Waals surface area contributed by atoms with Crippen LogP contribution < -0.4 is 5.32 Å². The number of benzene rings is 1. The minimum absolute atomic E-state index is 0.145. The lowest BCUT2D eigenvalue weighted by atomic mass is 9.74. The van der Waals surface area contributed by atoms with Crippen LogP contribution in [-0.2, 0) is 14.4 Å². The first kappa shape index (κ1) is 14.4. The number of halogens is 1. The van der Waals surface area contributed by atoms with Crippen LogP contribution in [0.15, 0.2) is 40.9 Å². The third kappa shape index (κ3) is 1.72. The molecule has 2 saturated carbocycles. The number of hydrogen-bond acceptors (Lipinski definition) is 3. The third-order valence-electron chi connectivity index (χ3n) is 6.08. The molecule has 4 aliphatic rings. The monoisotopic (exact) mass is 386 g/mol. The van der Waals surface area contributed by atoms with Gasteiger partial charge < -0.3 is 5.32 Å². The molecular formula is C18H15BrN2O3. The van der Waals surface area contributed by atoms with Crippen molar-refractivity contribution >= 4 is 39.3 Å². The van der Waals surface area contributed by atoms with E-state index in [1.807, 2.05) is 12.1 Å². The highest BCUT2D eigenvalue weighted by Crippen LogP contribution is 2.77. The van der Waals surface area contributed by atoms with Crippen molar-refractivity contribution in [1.82, 2.24) is 4.90 Å². The van der Waals surface area contributed by atoms with Crippen LogP contribution in [0.4, 0.5) is 5.69 Å². The van der Waals surface area contributed by atoms with Crippen LogP contribution in [0.5, 0.6) is 0 Å². The summed E-state index contributed by atoms with van der Waals surface area (Å²) in [7, 11) is 0. The summed E-state index contributed by atoms with van der Waals surface area (Å²) in [5, 5.41) is 2.74. The van der Waals surface area contributed by atoms with Crippen molar-refractivity contribution in [1.29, 1.82) is 0 Å². The number of hydrogen-bond donors (Lipinski definition) is 1. The molecule has 0 radical (unpaired) electrons. The normalized spacial score (nSPS) is 37.6. The van der Waals surface area contributed by atoms with Crippen LogP contribution in [0.2, 0.25) is 0 Å². The number of rotatable bonds is 3. The number of anilines is 1. The van der Waals surface area contributed by atoms with Crippen molar-refractivity contribution in [2.45, 2.75) is 6.42 Å². The molecule has 24 heavy (non-hydrogen) atoms. The van der Waals surface area contributed by atoms with Gasteiger partial charge in [-0.15, -0.1) is 0 Å². The van der Waals surface area contributed by atoms with Crippen LogP contribution in [0.25, 0.3) is 0 Å². The van der Waals surface area contributed by atoms with Crippen molar-refractivity contribution in [2.75, 3.05) is 11.9 Å². The van der Waals surface area contributed by atoms with E-state index < -0.39 is 0 Å². The quantitative estimate of drug-likeness (QED) is 0.639. The first-order valence-corrected chi connectivity index (χ1v) is 8.90. The predicted molar refractivity (Wildman–Crippen MR) is 89.6 cm³/mol. The van der Waals surface area contributed by atoms with E-state index in [1.54, 1.807) is 12.1 Å². The molecule has 0 aromatic heterocycles. The van der Waals surface area contributed by atoms with Crippen LogP contribution in [0, 0.1) is 29.1 Å². The van der Waals surface area contributed by atoms with Crippen molar-refractivity contribution in [3.05, 3.63) is 40.9 Å². The van der Waals surface area contributed by atoms with E-state index >= 15 is 0 Å². The van der Waals surface area contributed by atoms with Crippen LogP contribution in [0.3, 0.4) is 0 Å². The van der Waals surface area contributed by atoms with Crippen molar-refractivity contribution in [2.24, 2.45) is 29.1 Å². The summed E-state index contributed by atoms with van der Waals surface area (Å²) in [6.07, 6.45) is 5.26. The second-order valence-electron chi connectivity index (χ2n) is 7.18. The third-order valence-corrected chi connectivity index (χ3v) is 6.61. The van der Waals surface area contributed by atoms with Gasteiger partial charge in [0, 0.05) is 10.2 Å². The number of allylic oxidation sites excluding steroid dienone is 2. The molecule has 1 aromatic rings. The highest BCUT2D eigenvalue weighted by atomic mass is 79.9. The van der Waals surface area contributed by atoms with Crippen LogP contribution in [-0.4, -0.2) is 29.2 Å². The zero-order chi connectivity index (χ0) is 16.6. The molecule has 3 aliphatic carbocycles. The maximum absolute atomic E-state index is 12.7. The Kier molecular flexibility index (Phi) is 2.74. The summed E-state index contributed by atoms with van der Waals surface area (Å²) in [4.78, 5) is 38.7. The molecule has 1 aromatic carbocycles. The maximum atomic E-state index is 12.7.